The van der Waals surface area contributed by atoms with Gasteiger partial charge in [0.05, 0.1) is 0 Å². The van der Waals surface area contributed by atoms with E-state index in [1.165, 1.54) is 0 Å². The Morgan fingerprint density at radius 1 is 1.24 bits per heavy atom. The third-order valence-electron chi connectivity index (χ3n) is 4.26. The predicted octanol–water partition coefficient (Wildman–Crippen LogP) is 2.68. The summed E-state index contributed by atoms with van der Waals surface area (Å²) in [5, 5.41) is 9.63. The molecule has 0 heterocycles. The van der Waals surface area contributed by atoms with E-state index in [1.54, 1.807) is 12.1 Å². The molecule has 0 bridgehead atoms. The summed E-state index contributed by atoms with van der Waals surface area (Å²) in [6.07, 6.45) is 2.20. The minimum Gasteiger partial charge on any atom is -0.480 e. The summed E-state index contributed by atoms with van der Waals surface area (Å²) in [7, 11) is 0. The third-order valence-corrected chi connectivity index (χ3v) is 4.26. The van der Waals surface area contributed by atoms with Gasteiger partial charge in [-0.05, 0) is 18.0 Å². The maximum Gasteiger partial charge on any atom is 0.329 e. The maximum atomic E-state index is 11.7. The van der Waals surface area contributed by atoms with Crippen molar-refractivity contribution in [3.8, 4) is 0 Å². The lowest BCUT2D eigenvalue weighted by atomic mass is 9.90. The van der Waals surface area contributed by atoms with Gasteiger partial charge in [-0.1, -0.05) is 63.9 Å². The van der Waals surface area contributed by atoms with Crippen LogP contribution in [0, 0.1) is 5.92 Å². The summed E-state index contributed by atoms with van der Waals surface area (Å²) < 4.78 is 0. The fourth-order valence-electron chi connectivity index (χ4n) is 2.59. The Morgan fingerprint density at radius 3 is 2.24 bits per heavy atom. The smallest absolute Gasteiger partial charge is 0.329 e. The van der Waals surface area contributed by atoms with E-state index in [2.05, 4.69) is 25.7 Å². The van der Waals surface area contributed by atoms with E-state index in [9.17, 15) is 9.90 Å². The monoisotopic (exact) mass is 292 g/mol. The van der Waals surface area contributed by atoms with Crippen molar-refractivity contribution in [2.75, 3.05) is 19.6 Å². The van der Waals surface area contributed by atoms with E-state index in [0.29, 0.717) is 18.0 Å². The Labute approximate surface area is 128 Å². The van der Waals surface area contributed by atoms with Gasteiger partial charge in [-0.25, -0.2) is 4.79 Å². The first kappa shape index (κ1) is 17.7. The van der Waals surface area contributed by atoms with Gasteiger partial charge in [-0.2, -0.15) is 0 Å². The first-order valence-corrected chi connectivity index (χ1v) is 7.78. The number of benzene rings is 1. The fraction of sp³-hybridized carbons (Fsp3) is 0.588. The normalized spacial score (nSPS) is 14.4. The van der Waals surface area contributed by atoms with Crippen molar-refractivity contribution in [2.45, 2.75) is 39.2 Å². The molecule has 1 atom stereocenters. The fourth-order valence-corrected chi connectivity index (χ4v) is 2.59. The summed E-state index contributed by atoms with van der Waals surface area (Å²) in [6, 6.07) is 9.11. The lowest BCUT2D eigenvalue weighted by Crippen LogP contribution is -2.54. The van der Waals surface area contributed by atoms with Crippen molar-refractivity contribution in [1.82, 2.24) is 4.90 Å². The van der Waals surface area contributed by atoms with Crippen LogP contribution in [-0.4, -0.2) is 35.6 Å². The second kappa shape index (κ2) is 8.15. The minimum absolute atomic E-state index is 0.333. The molecule has 1 aromatic rings. The van der Waals surface area contributed by atoms with Crippen molar-refractivity contribution in [1.29, 1.82) is 0 Å². The molecule has 0 amide bonds. The number of carboxylic acid groups (broad SMARTS) is 1. The van der Waals surface area contributed by atoms with Gasteiger partial charge >= 0.3 is 5.97 Å². The summed E-state index contributed by atoms with van der Waals surface area (Å²) in [4.78, 5) is 13.9. The average molecular weight is 292 g/mol. The number of nitrogens with zero attached hydrogens (tertiary/aromatic N) is 1. The van der Waals surface area contributed by atoms with Crippen LogP contribution in [0.5, 0.6) is 0 Å². The maximum absolute atomic E-state index is 11.7. The zero-order chi connectivity index (χ0) is 15.9. The molecular weight excluding hydrogens is 264 g/mol. The van der Waals surface area contributed by atoms with Crippen molar-refractivity contribution < 1.29 is 9.90 Å². The first-order chi connectivity index (χ1) is 9.97. The van der Waals surface area contributed by atoms with Crippen LogP contribution in [0.1, 0.15) is 39.2 Å². The molecule has 0 aromatic heterocycles. The van der Waals surface area contributed by atoms with Gasteiger partial charge in [-0.3, -0.25) is 0 Å². The van der Waals surface area contributed by atoms with Gasteiger partial charge in [-0.15, -0.1) is 0 Å². The zero-order valence-corrected chi connectivity index (χ0v) is 13.4. The van der Waals surface area contributed by atoms with E-state index in [1.807, 2.05) is 18.2 Å². The van der Waals surface area contributed by atoms with E-state index < -0.39 is 11.5 Å². The molecule has 0 saturated carbocycles. The van der Waals surface area contributed by atoms with Gasteiger partial charge in [0.25, 0.3) is 0 Å². The molecule has 0 spiro atoms. The van der Waals surface area contributed by atoms with Crippen LogP contribution in [0.2, 0.25) is 0 Å². The highest BCUT2D eigenvalue weighted by atomic mass is 16.4. The Morgan fingerprint density at radius 2 is 1.81 bits per heavy atom. The molecule has 1 unspecified atom stereocenters. The van der Waals surface area contributed by atoms with Crippen molar-refractivity contribution in [3.63, 3.8) is 0 Å². The summed E-state index contributed by atoms with van der Waals surface area (Å²) >= 11 is 0. The van der Waals surface area contributed by atoms with E-state index in [0.717, 1.165) is 25.9 Å². The molecule has 4 nitrogen and oxygen atoms in total. The second-order valence-electron chi connectivity index (χ2n) is 5.65. The second-order valence-corrected chi connectivity index (χ2v) is 5.65. The Bertz CT molecular complexity index is 432. The molecule has 1 aromatic carbocycles. The molecule has 0 aliphatic heterocycles. The van der Waals surface area contributed by atoms with Gasteiger partial charge in [0.2, 0.25) is 0 Å². The molecule has 4 heteroatoms. The first-order valence-electron chi connectivity index (χ1n) is 7.78. The minimum atomic E-state index is -1.36. The average Bonchev–Trinajstić information content (AvgIpc) is 2.51. The van der Waals surface area contributed by atoms with Gasteiger partial charge in [0, 0.05) is 13.1 Å². The summed E-state index contributed by atoms with van der Waals surface area (Å²) in [5.74, 6) is -0.393. The van der Waals surface area contributed by atoms with Crippen LogP contribution in [0.15, 0.2) is 30.3 Å². The Balaban J connectivity index is 2.93. The standard InChI is InChI=1S/C17H28N2O2/c1-4-14(5-2)12-19(6-3)13-17(18,16(20)21)15-10-8-7-9-11-15/h7-11,14H,4-6,12-13,18H2,1-3H3,(H,20,21). The van der Waals surface area contributed by atoms with Crippen molar-refractivity contribution >= 4 is 5.97 Å². The third kappa shape index (κ3) is 4.55. The molecule has 0 radical (unpaired) electrons. The Kier molecular flexibility index (Phi) is 6.85. The number of rotatable bonds is 9. The zero-order valence-electron chi connectivity index (χ0n) is 13.4. The van der Waals surface area contributed by atoms with Gasteiger partial charge in [0.15, 0.2) is 5.54 Å². The van der Waals surface area contributed by atoms with Gasteiger partial charge in [0.1, 0.15) is 0 Å². The van der Waals surface area contributed by atoms with Crippen LogP contribution < -0.4 is 5.73 Å². The van der Waals surface area contributed by atoms with Crippen LogP contribution in [0.3, 0.4) is 0 Å². The highest BCUT2D eigenvalue weighted by Gasteiger charge is 2.37. The number of carboxylic acids is 1. The SMILES string of the molecule is CCC(CC)CN(CC)CC(N)(C(=O)O)c1ccccc1. The van der Waals surface area contributed by atoms with Crippen LogP contribution in [0.4, 0.5) is 0 Å². The van der Waals surface area contributed by atoms with Gasteiger partial charge < -0.3 is 15.7 Å². The number of hydrogen-bond donors (Lipinski definition) is 2. The molecular formula is C17H28N2O2. The largest absolute Gasteiger partial charge is 0.480 e. The van der Waals surface area contributed by atoms with Crippen LogP contribution in [-0.2, 0) is 10.3 Å². The topological polar surface area (TPSA) is 66.6 Å². The molecule has 0 fully saturated rings. The molecule has 3 N–H and O–H groups in total. The highest BCUT2D eigenvalue weighted by molar-refractivity contribution is 5.80. The molecule has 0 saturated heterocycles. The van der Waals surface area contributed by atoms with Crippen LogP contribution >= 0.6 is 0 Å². The molecule has 21 heavy (non-hydrogen) atoms. The van der Waals surface area contributed by atoms with E-state index >= 15 is 0 Å². The highest BCUT2D eigenvalue weighted by Crippen LogP contribution is 2.21. The molecule has 118 valence electrons. The number of nitrogens with two attached hydrogens (primary N) is 1. The number of likely N-dealkylation sites (N-methyl/N-ethyl adjacent to an activating group) is 1. The number of aliphatic carboxylic acids is 1. The van der Waals surface area contributed by atoms with E-state index in [-0.39, 0.29) is 0 Å². The number of carbonyl (C=O) groups is 1. The molecule has 1 rings (SSSR count). The van der Waals surface area contributed by atoms with Crippen molar-refractivity contribution in [2.24, 2.45) is 11.7 Å². The quantitative estimate of drug-likeness (QED) is 0.734. The molecule has 0 aliphatic carbocycles. The summed E-state index contributed by atoms with van der Waals surface area (Å²) in [5.41, 5.74) is 5.55. The van der Waals surface area contributed by atoms with Crippen LogP contribution in [0.25, 0.3) is 0 Å². The lowest BCUT2D eigenvalue weighted by Gasteiger charge is -2.33. The lowest BCUT2D eigenvalue weighted by molar-refractivity contribution is -0.144. The van der Waals surface area contributed by atoms with E-state index in [4.69, 9.17) is 5.73 Å². The van der Waals surface area contributed by atoms with Crippen molar-refractivity contribution in [3.05, 3.63) is 35.9 Å². The number of hydrogen-bond acceptors (Lipinski definition) is 3. The Hall–Kier alpha value is -1.39. The predicted molar refractivity (Wildman–Crippen MR) is 86.1 cm³/mol. The summed E-state index contributed by atoms with van der Waals surface area (Å²) in [6.45, 7) is 8.42. The molecule has 0 aliphatic rings.